The molecule has 1 heterocycles. The molecule has 2 saturated carbocycles. The van der Waals surface area contributed by atoms with Crippen molar-refractivity contribution in [1.82, 2.24) is 4.98 Å². The third-order valence-electron chi connectivity index (χ3n) is 8.24. The van der Waals surface area contributed by atoms with E-state index in [1.54, 1.807) is 0 Å². The standard InChI is InChI=1S/C29H49NO/c1-3-5-7-8-9-11-28-20-21-29(22-30-28)31-23-25-14-18-27(19-15-25)26-16-12-24(13-17-26)10-6-4-2/h20-22,24-27H,3-19,23H2,1-2H3. The number of pyridine rings is 1. The highest BCUT2D eigenvalue weighted by Crippen LogP contribution is 2.42. The predicted octanol–water partition coefficient (Wildman–Crippen LogP) is 8.78. The van der Waals surface area contributed by atoms with Gasteiger partial charge in [0.25, 0.3) is 0 Å². The number of unbranched alkanes of at least 4 members (excludes halogenated alkanes) is 5. The zero-order valence-corrected chi connectivity index (χ0v) is 20.6. The summed E-state index contributed by atoms with van der Waals surface area (Å²) >= 11 is 0. The Labute approximate surface area is 193 Å². The van der Waals surface area contributed by atoms with Gasteiger partial charge in [0.05, 0.1) is 12.8 Å². The van der Waals surface area contributed by atoms with Crippen molar-refractivity contribution < 1.29 is 4.74 Å². The lowest BCUT2D eigenvalue weighted by atomic mass is 9.69. The molecule has 0 bridgehead atoms. The molecule has 2 fully saturated rings. The van der Waals surface area contributed by atoms with Gasteiger partial charge in [-0.3, -0.25) is 4.98 Å². The molecule has 31 heavy (non-hydrogen) atoms. The number of rotatable bonds is 13. The fourth-order valence-electron chi connectivity index (χ4n) is 6.04. The van der Waals surface area contributed by atoms with Gasteiger partial charge in [-0.1, -0.05) is 71.6 Å². The molecule has 0 radical (unpaired) electrons. The van der Waals surface area contributed by atoms with E-state index in [-0.39, 0.29) is 0 Å². The topological polar surface area (TPSA) is 22.1 Å². The van der Waals surface area contributed by atoms with Crippen LogP contribution in [0.3, 0.4) is 0 Å². The van der Waals surface area contributed by atoms with E-state index in [0.29, 0.717) is 0 Å². The second-order valence-corrected chi connectivity index (χ2v) is 10.7. The minimum absolute atomic E-state index is 0.746. The highest BCUT2D eigenvalue weighted by atomic mass is 16.5. The summed E-state index contributed by atoms with van der Waals surface area (Å²) in [6.07, 6.45) is 25.6. The summed E-state index contributed by atoms with van der Waals surface area (Å²) in [5.74, 6) is 4.78. The Hall–Kier alpha value is -1.05. The maximum absolute atomic E-state index is 6.13. The Morgan fingerprint density at radius 3 is 2.00 bits per heavy atom. The highest BCUT2D eigenvalue weighted by molar-refractivity contribution is 5.20. The number of aromatic nitrogens is 1. The van der Waals surface area contributed by atoms with E-state index in [0.717, 1.165) is 42.4 Å². The number of aryl methyl sites for hydroxylation is 1. The molecule has 2 aliphatic carbocycles. The van der Waals surface area contributed by atoms with Crippen LogP contribution in [0.25, 0.3) is 0 Å². The lowest BCUT2D eigenvalue weighted by molar-refractivity contribution is 0.121. The van der Waals surface area contributed by atoms with Gasteiger partial charge in [0.2, 0.25) is 0 Å². The quantitative estimate of drug-likeness (QED) is 0.293. The third-order valence-corrected chi connectivity index (χ3v) is 8.24. The SMILES string of the molecule is CCCCCCCc1ccc(OCC2CCC(C3CCC(CCCC)CC3)CC2)cn1. The molecule has 0 amide bonds. The zero-order chi connectivity index (χ0) is 21.7. The second kappa shape index (κ2) is 14.2. The molecule has 3 rings (SSSR count). The van der Waals surface area contributed by atoms with Gasteiger partial charge in [0.1, 0.15) is 5.75 Å². The molecule has 0 N–H and O–H groups in total. The smallest absolute Gasteiger partial charge is 0.137 e. The molecule has 0 aliphatic heterocycles. The first-order valence-corrected chi connectivity index (χ1v) is 13.9. The maximum Gasteiger partial charge on any atom is 0.137 e. The zero-order valence-electron chi connectivity index (χ0n) is 20.6. The Morgan fingerprint density at radius 1 is 0.742 bits per heavy atom. The second-order valence-electron chi connectivity index (χ2n) is 10.7. The summed E-state index contributed by atoms with van der Waals surface area (Å²) < 4.78 is 6.13. The van der Waals surface area contributed by atoms with Crippen LogP contribution >= 0.6 is 0 Å². The maximum atomic E-state index is 6.13. The van der Waals surface area contributed by atoms with Gasteiger partial charge in [0, 0.05) is 5.69 Å². The lowest BCUT2D eigenvalue weighted by Gasteiger charge is -2.37. The van der Waals surface area contributed by atoms with Crippen molar-refractivity contribution in [3.63, 3.8) is 0 Å². The molecule has 0 unspecified atom stereocenters. The van der Waals surface area contributed by atoms with Gasteiger partial charge in [-0.05, 0) is 87.2 Å². The molecule has 2 heteroatoms. The molecule has 1 aromatic rings. The van der Waals surface area contributed by atoms with Crippen molar-refractivity contribution >= 4 is 0 Å². The number of hydrogen-bond donors (Lipinski definition) is 0. The van der Waals surface area contributed by atoms with Crippen LogP contribution in [0.1, 0.15) is 122 Å². The summed E-state index contributed by atoms with van der Waals surface area (Å²) in [5.41, 5.74) is 1.22. The van der Waals surface area contributed by atoms with E-state index in [2.05, 4.69) is 31.0 Å². The number of hydrogen-bond acceptors (Lipinski definition) is 2. The Morgan fingerprint density at radius 2 is 1.39 bits per heavy atom. The first-order chi connectivity index (χ1) is 15.3. The van der Waals surface area contributed by atoms with E-state index in [1.807, 2.05) is 6.20 Å². The summed E-state index contributed by atoms with van der Waals surface area (Å²) in [5, 5.41) is 0. The van der Waals surface area contributed by atoms with E-state index < -0.39 is 0 Å². The van der Waals surface area contributed by atoms with Crippen LogP contribution in [0.4, 0.5) is 0 Å². The first-order valence-electron chi connectivity index (χ1n) is 13.9. The fraction of sp³-hybridized carbons (Fsp3) is 0.828. The molecule has 0 spiro atoms. The third kappa shape index (κ3) is 8.78. The van der Waals surface area contributed by atoms with E-state index in [1.165, 1.54) is 108 Å². The average Bonchev–Trinajstić information content (AvgIpc) is 2.83. The van der Waals surface area contributed by atoms with Crippen molar-refractivity contribution in [2.45, 2.75) is 123 Å². The van der Waals surface area contributed by atoms with Gasteiger partial charge in [-0.25, -0.2) is 0 Å². The van der Waals surface area contributed by atoms with Crippen molar-refractivity contribution in [2.75, 3.05) is 6.61 Å². The molecular weight excluding hydrogens is 378 g/mol. The van der Waals surface area contributed by atoms with Crippen molar-refractivity contribution in [2.24, 2.45) is 23.7 Å². The van der Waals surface area contributed by atoms with Crippen LogP contribution in [0.2, 0.25) is 0 Å². The molecule has 2 aliphatic rings. The van der Waals surface area contributed by atoms with Crippen molar-refractivity contribution in [3.8, 4) is 5.75 Å². The monoisotopic (exact) mass is 427 g/mol. The predicted molar refractivity (Wildman–Crippen MR) is 133 cm³/mol. The molecule has 176 valence electrons. The van der Waals surface area contributed by atoms with Gasteiger partial charge < -0.3 is 4.74 Å². The fourth-order valence-corrected chi connectivity index (χ4v) is 6.04. The minimum atomic E-state index is 0.746. The molecule has 0 saturated heterocycles. The van der Waals surface area contributed by atoms with Gasteiger partial charge >= 0.3 is 0 Å². The molecule has 1 aromatic heterocycles. The van der Waals surface area contributed by atoms with E-state index >= 15 is 0 Å². The Bertz CT molecular complexity index is 567. The lowest BCUT2D eigenvalue weighted by Crippen LogP contribution is -2.27. The van der Waals surface area contributed by atoms with Crippen LogP contribution in [0.15, 0.2) is 18.3 Å². The van der Waals surface area contributed by atoms with Crippen LogP contribution in [-0.2, 0) is 6.42 Å². The van der Waals surface area contributed by atoms with Crippen LogP contribution < -0.4 is 4.74 Å². The average molecular weight is 428 g/mol. The highest BCUT2D eigenvalue weighted by Gasteiger charge is 2.30. The minimum Gasteiger partial charge on any atom is -0.492 e. The van der Waals surface area contributed by atoms with E-state index in [4.69, 9.17) is 4.74 Å². The molecule has 0 aromatic carbocycles. The molecule has 2 nitrogen and oxygen atoms in total. The number of nitrogens with zero attached hydrogens (tertiary/aromatic N) is 1. The Balaban J connectivity index is 1.28. The summed E-state index contributed by atoms with van der Waals surface area (Å²) in [4.78, 5) is 4.63. The van der Waals surface area contributed by atoms with Crippen LogP contribution in [0.5, 0.6) is 5.75 Å². The molecular formula is C29H49NO. The van der Waals surface area contributed by atoms with Crippen LogP contribution in [-0.4, -0.2) is 11.6 Å². The normalized spacial score (nSPS) is 26.6. The summed E-state index contributed by atoms with van der Waals surface area (Å²) in [6.45, 7) is 5.48. The first kappa shape index (κ1) is 24.6. The van der Waals surface area contributed by atoms with Crippen molar-refractivity contribution in [3.05, 3.63) is 24.0 Å². The Kier molecular flexibility index (Phi) is 11.2. The van der Waals surface area contributed by atoms with Crippen molar-refractivity contribution in [1.29, 1.82) is 0 Å². The number of ether oxygens (including phenoxy) is 1. The summed E-state index contributed by atoms with van der Waals surface area (Å²) in [6, 6.07) is 4.31. The van der Waals surface area contributed by atoms with E-state index in [9.17, 15) is 0 Å². The molecule has 0 atom stereocenters. The van der Waals surface area contributed by atoms with Gasteiger partial charge in [0.15, 0.2) is 0 Å². The van der Waals surface area contributed by atoms with Crippen LogP contribution in [0, 0.1) is 23.7 Å². The van der Waals surface area contributed by atoms with Gasteiger partial charge in [-0.15, -0.1) is 0 Å². The largest absolute Gasteiger partial charge is 0.492 e. The van der Waals surface area contributed by atoms with Gasteiger partial charge in [-0.2, -0.15) is 0 Å². The summed E-state index contributed by atoms with van der Waals surface area (Å²) in [7, 11) is 0.